The van der Waals surface area contributed by atoms with Gasteiger partial charge in [-0.3, -0.25) is 4.79 Å². The third kappa shape index (κ3) is 2.73. The molecule has 0 aliphatic heterocycles. The van der Waals surface area contributed by atoms with Crippen LogP contribution in [-0.2, 0) is 6.18 Å². The molecule has 0 aliphatic carbocycles. The third-order valence-corrected chi connectivity index (χ3v) is 3.50. The van der Waals surface area contributed by atoms with Crippen LogP contribution in [0.15, 0.2) is 36.4 Å². The zero-order valence-electron chi connectivity index (χ0n) is 8.79. The molecule has 1 heterocycles. The van der Waals surface area contributed by atoms with Crippen LogP contribution in [-0.4, -0.2) is 5.78 Å². The molecule has 0 saturated carbocycles. The molecule has 0 N–H and O–H groups in total. The SMILES string of the molecule is O=C(c1ccc(C(F)(F)F)cc1)c1ccc(Cl)s1. The van der Waals surface area contributed by atoms with Crippen molar-refractivity contribution in [3.05, 3.63) is 56.7 Å². The molecule has 0 saturated heterocycles. The predicted octanol–water partition coefficient (Wildman–Crippen LogP) is 4.65. The fraction of sp³-hybridized carbons (Fsp3) is 0.0833. The van der Waals surface area contributed by atoms with Crippen molar-refractivity contribution in [2.45, 2.75) is 6.18 Å². The normalized spacial score (nSPS) is 11.6. The van der Waals surface area contributed by atoms with Crippen molar-refractivity contribution in [2.24, 2.45) is 0 Å². The van der Waals surface area contributed by atoms with Gasteiger partial charge in [-0.25, -0.2) is 0 Å². The molecule has 0 spiro atoms. The molecule has 1 aromatic carbocycles. The summed E-state index contributed by atoms with van der Waals surface area (Å²) in [7, 11) is 0. The monoisotopic (exact) mass is 290 g/mol. The van der Waals surface area contributed by atoms with Gasteiger partial charge in [-0.05, 0) is 24.3 Å². The summed E-state index contributed by atoms with van der Waals surface area (Å²) in [5.74, 6) is -0.333. The summed E-state index contributed by atoms with van der Waals surface area (Å²) in [6.45, 7) is 0. The Hall–Kier alpha value is -1.33. The van der Waals surface area contributed by atoms with E-state index in [0.717, 1.165) is 23.5 Å². The number of hydrogen-bond acceptors (Lipinski definition) is 2. The van der Waals surface area contributed by atoms with Crippen LogP contribution in [0.25, 0.3) is 0 Å². The van der Waals surface area contributed by atoms with Crippen molar-refractivity contribution in [1.29, 1.82) is 0 Å². The highest BCUT2D eigenvalue weighted by Crippen LogP contribution is 2.30. The molecule has 18 heavy (non-hydrogen) atoms. The van der Waals surface area contributed by atoms with E-state index in [4.69, 9.17) is 11.6 Å². The van der Waals surface area contributed by atoms with E-state index in [2.05, 4.69) is 0 Å². The Labute approximate surface area is 110 Å². The maximum Gasteiger partial charge on any atom is 0.416 e. The number of hydrogen-bond donors (Lipinski definition) is 0. The fourth-order valence-corrected chi connectivity index (χ4v) is 2.39. The van der Waals surface area contributed by atoms with Gasteiger partial charge in [0.25, 0.3) is 0 Å². The largest absolute Gasteiger partial charge is 0.416 e. The van der Waals surface area contributed by atoms with Crippen LogP contribution >= 0.6 is 22.9 Å². The first-order valence-electron chi connectivity index (χ1n) is 4.85. The second kappa shape index (κ2) is 4.74. The Balaban J connectivity index is 2.28. The van der Waals surface area contributed by atoms with Crippen LogP contribution < -0.4 is 0 Å². The van der Waals surface area contributed by atoms with E-state index >= 15 is 0 Å². The molecule has 2 rings (SSSR count). The molecule has 0 unspecified atom stereocenters. The summed E-state index contributed by atoms with van der Waals surface area (Å²) in [5, 5.41) is 0. The van der Waals surface area contributed by atoms with Crippen LogP contribution in [0.5, 0.6) is 0 Å². The van der Waals surface area contributed by atoms with Crippen molar-refractivity contribution < 1.29 is 18.0 Å². The lowest BCUT2D eigenvalue weighted by molar-refractivity contribution is -0.137. The smallest absolute Gasteiger partial charge is 0.288 e. The molecule has 94 valence electrons. The van der Waals surface area contributed by atoms with Gasteiger partial charge in [-0.15, -0.1) is 11.3 Å². The van der Waals surface area contributed by atoms with Crippen molar-refractivity contribution in [3.63, 3.8) is 0 Å². The average molecular weight is 291 g/mol. The predicted molar refractivity (Wildman–Crippen MR) is 64.2 cm³/mol. The Morgan fingerprint density at radius 2 is 1.67 bits per heavy atom. The number of alkyl halides is 3. The van der Waals surface area contributed by atoms with Crippen molar-refractivity contribution in [1.82, 2.24) is 0 Å². The number of carbonyl (C=O) groups excluding carboxylic acids is 1. The van der Waals surface area contributed by atoms with Gasteiger partial charge in [0.2, 0.25) is 5.78 Å². The van der Waals surface area contributed by atoms with E-state index in [1.807, 2.05) is 0 Å². The topological polar surface area (TPSA) is 17.1 Å². The highest BCUT2D eigenvalue weighted by molar-refractivity contribution is 7.18. The minimum Gasteiger partial charge on any atom is -0.288 e. The highest BCUT2D eigenvalue weighted by Gasteiger charge is 2.30. The van der Waals surface area contributed by atoms with Gasteiger partial charge in [-0.2, -0.15) is 13.2 Å². The van der Waals surface area contributed by atoms with Gasteiger partial charge < -0.3 is 0 Å². The van der Waals surface area contributed by atoms with Crippen molar-refractivity contribution in [2.75, 3.05) is 0 Å². The number of carbonyl (C=O) groups is 1. The Kier molecular flexibility index (Phi) is 3.45. The minimum atomic E-state index is -4.40. The molecule has 1 aromatic heterocycles. The molecular weight excluding hydrogens is 285 g/mol. The lowest BCUT2D eigenvalue weighted by atomic mass is 10.1. The lowest BCUT2D eigenvalue weighted by Crippen LogP contribution is -2.06. The second-order valence-corrected chi connectivity index (χ2v) is 5.22. The zero-order chi connectivity index (χ0) is 13.3. The van der Waals surface area contributed by atoms with Gasteiger partial charge >= 0.3 is 6.18 Å². The molecule has 0 radical (unpaired) electrons. The Bertz CT molecular complexity index is 572. The first-order chi connectivity index (χ1) is 8.38. The quantitative estimate of drug-likeness (QED) is 0.736. The van der Waals surface area contributed by atoms with E-state index in [0.29, 0.717) is 9.21 Å². The van der Waals surface area contributed by atoms with Gasteiger partial charge in [0.15, 0.2) is 0 Å². The number of rotatable bonds is 2. The number of ketones is 1. The molecule has 0 aliphatic rings. The third-order valence-electron chi connectivity index (χ3n) is 2.27. The van der Waals surface area contributed by atoms with Gasteiger partial charge in [0.1, 0.15) is 0 Å². The molecule has 0 fully saturated rings. The van der Waals surface area contributed by atoms with E-state index < -0.39 is 11.7 Å². The van der Waals surface area contributed by atoms with Crippen LogP contribution in [0, 0.1) is 0 Å². The molecule has 0 bridgehead atoms. The summed E-state index contributed by atoms with van der Waals surface area (Å²) in [4.78, 5) is 12.3. The first kappa shape index (κ1) is 13.1. The standard InChI is InChI=1S/C12H6ClF3OS/c13-10-6-5-9(18-10)11(17)7-1-3-8(4-2-7)12(14,15)16/h1-6H. The molecule has 0 amide bonds. The number of benzene rings is 1. The molecular formula is C12H6ClF3OS. The van der Waals surface area contributed by atoms with Crippen LogP contribution in [0.4, 0.5) is 13.2 Å². The maximum atomic E-state index is 12.3. The van der Waals surface area contributed by atoms with Crippen LogP contribution in [0.1, 0.15) is 20.8 Å². The van der Waals surface area contributed by atoms with E-state index in [1.165, 1.54) is 12.1 Å². The molecule has 0 atom stereocenters. The Morgan fingerprint density at radius 3 is 2.11 bits per heavy atom. The zero-order valence-corrected chi connectivity index (χ0v) is 10.4. The van der Waals surface area contributed by atoms with Crippen LogP contribution in [0.2, 0.25) is 4.34 Å². The summed E-state index contributed by atoms with van der Waals surface area (Å²) in [5.41, 5.74) is -0.565. The van der Waals surface area contributed by atoms with E-state index in [9.17, 15) is 18.0 Å². The van der Waals surface area contributed by atoms with Gasteiger partial charge in [-0.1, -0.05) is 23.7 Å². The van der Waals surface area contributed by atoms with Crippen molar-refractivity contribution >= 4 is 28.7 Å². The van der Waals surface area contributed by atoms with E-state index in [-0.39, 0.29) is 11.3 Å². The molecule has 1 nitrogen and oxygen atoms in total. The van der Waals surface area contributed by atoms with Gasteiger partial charge in [0, 0.05) is 5.56 Å². The molecule has 2 aromatic rings. The number of halogens is 4. The van der Waals surface area contributed by atoms with E-state index in [1.54, 1.807) is 12.1 Å². The first-order valence-corrected chi connectivity index (χ1v) is 6.04. The second-order valence-electron chi connectivity index (χ2n) is 3.51. The van der Waals surface area contributed by atoms with Crippen LogP contribution in [0.3, 0.4) is 0 Å². The van der Waals surface area contributed by atoms with Gasteiger partial charge in [0.05, 0.1) is 14.8 Å². The number of thiophene rings is 1. The summed E-state index contributed by atoms with van der Waals surface area (Å²) >= 11 is 6.79. The summed E-state index contributed by atoms with van der Waals surface area (Å²) < 4.78 is 37.5. The summed E-state index contributed by atoms with van der Waals surface area (Å²) in [6, 6.07) is 7.24. The highest BCUT2D eigenvalue weighted by atomic mass is 35.5. The average Bonchev–Trinajstić information content (AvgIpc) is 2.74. The summed E-state index contributed by atoms with van der Waals surface area (Å²) in [6.07, 6.45) is -4.40. The Morgan fingerprint density at radius 1 is 1.06 bits per heavy atom. The maximum absolute atomic E-state index is 12.3. The fourth-order valence-electron chi connectivity index (χ4n) is 1.39. The van der Waals surface area contributed by atoms with Crippen molar-refractivity contribution in [3.8, 4) is 0 Å². The lowest BCUT2D eigenvalue weighted by Gasteiger charge is -2.06. The molecule has 6 heteroatoms. The minimum absolute atomic E-state index is 0.210.